The lowest BCUT2D eigenvalue weighted by molar-refractivity contribution is -0.131. The van der Waals surface area contributed by atoms with E-state index >= 15 is 0 Å². The van der Waals surface area contributed by atoms with E-state index < -0.39 is 0 Å². The van der Waals surface area contributed by atoms with Gasteiger partial charge in [-0.25, -0.2) is 0 Å². The lowest BCUT2D eigenvalue weighted by Gasteiger charge is -2.17. The lowest BCUT2D eigenvalue weighted by atomic mass is 10.1. The first kappa shape index (κ1) is 17.2. The molecule has 21 heavy (non-hydrogen) atoms. The molecule has 0 aliphatic heterocycles. The van der Waals surface area contributed by atoms with E-state index in [4.69, 9.17) is 9.84 Å². The molecule has 0 unspecified atom stereocenters. The molecule has 1 aromatic carbocycles. The fourth-order valence-electron chi connectivity index (χ4n) is 1.77. The van der Waals surface area contributed by atoms with Gasteiger partial charge in [-0.15, -0.1) is 0 Å². The van der Waals surface area contributed by atoms with Crippen molar-refractivity contribution in [2.45, 2.75) is 26.3 Å². The third kappa shape index (κ3) is 6.94. The Bertz CT molecular complexity index is 485. The Kier molecular flexibility index (Phi) is 8.18. The molecule has 0 spiro atoms. The number of aliphatic hydroxyl groups is 1. The van der Waals surface area contributed by atoms with E-state index in [1.807, 2.05) is 31.2 Å². The summed E-state index contributed by atoms with van der Waals surface area (Å²) in [5.74, 6) is 5.94. The van der Waals surface area contributed by atoms with Crippen molar-refractivity contribution in [3.8, 4) is 11.8 Å². The molecule has 0 saturated heterocycles. The van der Waals surface area contributed by atoms with Gasteiger partial charge in [-0.2, -0.15) is 0 Å². The molecule has 0 radical (unpaired) electrons. The van der Waals surface area contributed by atoms with Crippen LogP contribution in [-0.2, 0) is 16.1 Å². The molecule has 1 rings (SSSR count). The van der Waals surface area contributed by atoms with Gasteiger partial charge in [0.1, 0.15) is 0 Å². The van der Waals surface area contributed by atoms with E-state index in [0.717, 1.165) is 11.1 Å². The second-order valence-electron chi connectivity index (χ2n) is 4.67. The third-order valence-electron chi connectivity index (χ3n) is 2.93. The van der Waals surface area contributed by atoms with E-state index in [-0.39, 0.29) is 12.5 Å². The molecule has 0 heterocycles. The number of hydrogen-bond donors (Lipinski definition) is 1. The first-order valence-electron chi connectivity index (χ1n) is 7.17. The largest absolute Gasteiger partial charge is 0.395 e. The number of rotatable bonds is 7. The number of benzene rings is 1. The Balaban J connectivity index is 2.47. The minimum atomic E-state index is 0.0789. The molecule has 0 atom stereocenters. The molecule has 4 heteroatoms. The Morgan fingerprint density at radius 2 is 2.05 bits per heavy atom. The fourth-order valence-corrected chi connectivity index (χ4v) is 1.77. The van der Waals surface area contributed by atoms with Crippen LogP contribution < -0.4 is 0 Å². The highest BCUT2D eigenvalue weighted by Crippen LogP contribution is 2.07. The van der Waals surface area contributed by atoms with Crippen molar-refractivity contribution >= 4 is 5.91 Å². The maximum Gasteiger partial charge on any atom is 0.224 e. The van der Waals surface area contributed by atoms with Crippen LogP contribution >= 0.6 is 0 Å². The molecule has 0 aliphatic carbocycles. The van der Waals surface area contributed by atoms with E-state index in [9.17, 15) is 4.79 Å². The number of hydrogen-bond acceptors (Lipinski definition) is 3. The van der Waals surface area contributed by atoms with Crippen LogP contribution in [-0.4, -0.2) is 42.8 Å². The number of carbonyl (C=O) groups excluding carboxylic acids is 1. The molecule has 0 bridgehead atoms. The molecule has 1 aromatic rings. The monoisotopic (exact) mass is 289 g/mol. The first-order chi connectivity index (χ1) is 10.2. The maximum atomic E-state index is 11.9. The van der Waals surface area contributed by atoms with Crippen LogP contribution in [0.15, 0.2) is 24.3 Å². The van der Waals surface area contributed by atoms with Crippen molar-refractivity contribution in [3.63, 3.8) is 0 Å². The van der Waals surface area contributed by atoms with Crippen molar-refractivity contribution in [1.82, 2.24) is 4.90 Å². The Morgan fingerprint density at radius 1 is 1.33 bits per heavy atom. The van der Waals surface area contributed by atoms with Gasteiger partial charge in [0.15, 0.2) is 0 Å². The summed E-state index contributed by atoms with van der Waals surface area (Å²) in [6, 6.07) is 7.79. The second kappa shape index (κ2) is 9.98. The molecule has 0 saturated carbocycles. The summed E-state index contributed by atoms with van der Waals surface area (Å²) >= 11 is 0. The minimum Gasteiger partial charge on any atom is -0.395 e. The average molecular weight is 289 g/mol. The normalized spacial score (nSPS) is 9.86. The molecular weight excluding hydrogens is 266 g/mol. The van der Waals surface area contributed by atoms with Gasteiger partial charge < -0.3 is 14.7 Å². The lowest BCUT2D eigenvalue weighted by Crippen LogP contribution is -2.27. The van der Waals surface area contributed by atoms with E-state index in [1.54, 1.807) is 11.9 Å². The predicted octanol–water partition coefficient (Wildman–Crippen LogP) is 1.81. The van der Waals surface area contributed by atoms with Crippen LogP contribution in [0.3, 0.4) is 0 Å². The van der Waals surface area contributed by atoms with Gasteiger partial charge in [-0.1, -0.05) is 24.0 Å². The van der Waals surface area contributed by atoms with Crippen LogP contribution in [0.2, 0.25) is 0 Å². The number of nitrogens with zero attached hydrogens (tertiary/aromatic N) is 1. The van der Waals surface area contributed by atoms with Crippen LogP contribution in [0.5, 0.6) is 0 Å². The van der Waals surface area contributed by atoms with Crippen molar-refractivity contribution in [2.24, 2.45) is 0 Å². The summed E-state index contributed by atoms with van der Waals surface area (Å²) in [5.41, 5.74) is 1.98. The Labute approximate surface area is 126 Å². The summed E-state index contributed by atoms with van der Waals surface area (Å²) < 4.78 is 5.19. The third-order valence-corrected chi connectivity index (χ3v) is 2.93. The number of ether oxygens (including phenoxy) is 1. The van der Waals surface area contributed by atoms with Gasteiger partial charge in [-0.3, -0.25) is 4.79 Å². The van der Waals surface area contributed by atoms with E-state index in [2.05, 4.69) is 11.8 Å². The molecule has 1 N–H and O–H groups in total. The zero-order chi connectivity index (χ0) is 15.5. The van der Waals surface area contributed by atoms with Crippen molar-refractivity contribution in [1.29, 1.82) is 0 Å². The molecular formula is C17H23NO3. The topological polar surface area (TPSA) is 49.8 Å². The number of carbonyl (C=O) groups is 1. The fraction of sp³-hybridized carbons (Fsp3) is 0.471. The molecule has 0 aromatic heterocycles. The molecule has 1 amide bonds. The summed E-state index contributed by atoms with van der Waals surface area (Å²) in [6.07, 6.45) is 0.897. The number of aliphatic hydroxyl groups excluding tert-OH is 1. The van der Waals surface area contributed by atoms with Gasteiger partial charge in [-0.05, 0) is 24.6 Å². The molecule has 4 nitrogen and oxygen atoms in total. The van der Waals surface area contributed by atoms with Crippen molar-refractivity contribution in [3.05, 3.63) is 35.4 Å². The van der Waals surface area contributed by atoms with Gasteiger partial charge in [0, 0.05) is 32.2 Å². The smallest absolute Gasteiger partial charge is 0.224 e. The Morgan fingerprint density at radius 3 is 2.67 bits per heavy atom. The van der Waals surface area contributed by atoms with Gasteiger partial charge in [0.2, 0.25) is 5.91 Å². The zero-order valence-corrected chi connectivity index (χ0v) is 12.8. The van der Waals surface area contributed by atoms with Crippen molar-refractivity contribution < 1.29 is 14.6 Å². The standard InChI is InChI=1S/C17H23NO3/c1-3-21-13-11-17(20)18(2)14-16-9-7-15(8-10-16)6-4-5-12-19/h7-10,19H,3,5,11-14H2,1-2H3. The Hall–Kier alpha value is -1.83. The van der Waals surface area contributed by atoms with Gasteiger partial charge in [0.05, 0.1) is 19.6 Å². The summed E-state index contributed by atoms with van der Waals surface area (Å²) in [4.78, 5) is 13.6. The van der Waals surface area contributed by atoms with Crippen LogP contribution in [0.25, 0.3) is 0 Å². The van der Waals surface area contributed by atoms with Crippen molar-refractivity contribution in [2.75, 3.05) is 26.9 Å². The average Bonchev–Trinajstić information content (AvgIpc) is 2.49. The number of amides is 1. The highest BCUT2D eigenvalue weighted by molar-refractivity contribution is 5.75. The SMILES string of the molecule is CCOCCC(=O)N(C)Cc1ccc(C#CCCO)cc1. The minimum absolute atomic E-state index is 0.0789. The van der Waals surface area contributed by atoms with Crippen LogP contribution in [0.4, 0.5) is 0 Å². The summed E-state index contributed by atoms with van der Waals surface area (Å²) in [5, 5.41) is 8.67. The first-order valence-corrected chi connectivity index (χ1v) is 7.17. The van der Waals surface area contributed by atoms with E-state index in [1.165, 1.54) is 0 Å². The summed E-state index contributed by atoms with van der Waals surface area (Å²) in [6.45, 7) is 3.68. The molecule has 0 fully saturated rings. The summed E-state index contributed by atoms with van der Waals surface area (Å²) in [7, 11) is 1.79. The predicted molar refractivity (Wildman–Crippen MR) is 82.6 cm³/mol. The maximum absolute atomic E-state index is 11.9. The van der Waals surface area contributed by atoms with Gasteiger partial charge in [0.25, 0.3) is 0 Å². The van der Waals surface area contributed by atoms with Gasteiger partial charge >= 0.3 is 0 Å². The highest BCUT2D eigenvalue weighted by Gasteiger charge is 2.08. The van der Waals surface area contributed by atoms with Crippen LogP contribution in [0.1, 0.15) is 30.9 Å². The molecule has 0 aliphatic rings. The zero-order valence-electron chi connectivity index (χ0n) is 12.8. The highest BCUT2D eigenvalue weighted by atomic mass is 16.5. The second-order valence-corrected chi connectivity index (χ2v) is 4.67. The van der Waals surface area contributed by atoms with E-state index in [0.29, 0.717) is 32.6 Å². The van der Waals surface area contributed by atoms with Crippen LogP contribution in [0, 0.1) is 11.8 Å². The quantitative estimate of drug-likeness (QED) is 0.615. The molecule has 114 valence electrons.